The fourth-order valence-electron chi connectivity index (χ4n) is 2.44. The third kappa shape index (κ3) is 2.82. The van der Waals surface area contributed by atoms with Crippen molar-refractivity contribution in [2.75, 3.05) is 0 Å². The summed E-state index contributed by atoms with van der Waals surface area (Å²) in [6.07, 6.45) is 6.48. The molecule has 0 amide bonds. The van der Waals surface area contributed by atoms with Crippen LogP contribution in [0.4, 0.5) is 0 Å². The van der Waals surface area contributed by atoms with Gasteiger partial charge in [-0.05, 0) is 37.3 Å². The minimum atomic E-state index is -3.52. The molecule has 0 bridgehead atoms. The first-order valence-electron chi connectivity index (χ1n) is 7.57. The second-order valence-electron chi connectivity index (χ2n) is 5.62. The van der Waals surface area contributed by atoms with Crippen LogP contribution >= 0.6 is 0 Å². The summed E-state index contributed by atoms with van der Waals surface area (Å²) in [6, 6.07) is 3.94. The van der Waals surface area contributed by atoms with Gasteiger partial charge in [0.05, 0.1) is 5.52 Å². The number of imidazole rings is 1. The van der Waals surface area contributed by atoms with E-state index < -0.39 is 10.0 Å². The Labute approximate surface area is 125 Å². The van der Waals surface area contributed by atoms with Gasteiger partial charge >= 0.3 is 0 Å². The molecule has 2 heterocycles. The number of aryl methyl sites for hydroxylation is 2. The average Bonchev–Trinajstić information content (AvgIpc) is 3.18. The number of pyridine rings is 1. The number of fused-ring (bicyclic) bond motifs is 1. The van der Waals surface area contributed by atoms with E-state index in [4.69, 9.17) is 0 Å². The molecule has 1 aliphatic carbocycles. The quantitative estimate of drug-likeness (QED) is 0.890. The predicted octanol–water partition coefficient (Wildman–Crippen LogP) is 2.29. The zero-order valence-corrected chi connectivity index (χ0v) is 13.3. The average molecular weight is 307 g/mol. The summed E-state index contributed by atoms with van der Waals surface area (Å²) in [4.78, 5) is 4.42. The van der Waals surface area contributed by atoms with Crippen LogP contribution in [0.2, 0.25) is 0 Å². The summed E-state index contributed by atoms with van der Waals surface area (Å²) in [5.74, 6) is 0.818. The van der Waals surface area contributed by atoms with Crippen molar-refractivity contribution in [1.82, 2.24) is 14.1 Å². The van der Waals surface area contributed by atoms with Crippen molar-refractivity contribution >= 4 is 15.5 Å². The highest BCUT2D eigenvalue weighted by Crippen LogP contribution is 2.25. The first-order valence-corrected chi connectivity index (χ1v) is 9.05. The number of hydrogen-bond acceptors (Lipinski definition) is 3. The van der Waals surface area contributed by atoms with Crippen molar-refractivity contribution < 1.29 is 8.42 Å². The van der Waals surface area contributed by atoms with Gasteiger partial charge in [-0.2, -0.15) is 0 Å². The van der Waals surface area contributed by atoms with E-state index in [2.05, 4.69) is 23.6 Å². The zero-order valence-electron chi connectivity index (χ0n) is 12.5. The van der Waals surface area contributed by atoms with Crippen molar-refractivity contribution in [3.8, 4) is 0 Å². The lowest BCUT2D eigenvalue weighted by Crippen LogP contribution is -2.26. The monoisotopic (exact) mass is 307 g/mol. The lowest BCUT2D eigenvalue weighted by atomic mass is 10.2. The molecular formula is C15H21N3O2S. The normalized spacial score (nSPS) is 15.7. The van der Waals surface area contributed by atoms with E-state index in [9.17, 15) is 8.42 Å². The fraction of sp³-hybridized carbons (Fsp3) is 0.533. The number of nitrogens with one attached hydrogen (secondary N) is 1. The molecule has 0 aliphatic heterocycles. The van der Waals surface area contributed by atoms with E-state index in [0.717, 1.165) is 37.9 Å². The molecule has 21 heavy (non-hydrogen) atoms. The highest BCUT2D eigenvalue weighted by molar-refractivity contribution is 7.89. The molecule has 1 saturated carbocycles. The Morgan fingerprint density at radius 1 is 1.33 bits per heavy atom. The Balaban J connectivity index is 2.13. The molecule has 0 spiro atoms. The number of hydrogen-bond donors (Lipinski definition) is 1. The number of nitrogens with zero attached hydrogens (tertiary/aromatic N) is 2. The van der Waals surface area contributed by atoms with Crippen LogP contribution in [0.25, 0.3) is 5.52 Å². The van der Waals surface area contributed by atoms with Gasteiger partial charge in [0.25, 0.3) is 10.0 Å². The van der Waals surface area contributed by atoms with E-state index in [-0.39, 0.29) is 11.1 Å². The molecule has 1 aliphatic rings. The van der Waals surface area contributed by atoms with Crippen LogP contribution in [-0.4, -0.2) is 23.8 Å². The summed E-state index contributed by atoms with van der Waals surface area (Å²) in [6.45, 7) is 4.16. The van der Waals surface area contributed by atoms with Gasteiger partial charge in [-0.15, -0.1) is 0 Å². The molecule has 6 heteroatoms. The third-order valence-electron chi connectivity index (χ3n) is 3.77. The Hall–Kier alpha value is -1.40. The molecule has 0 atom stereocenters. The summed E-state index contributed by atoms with van der Waals surface area (Å²) >= 11 is 0. The lowest BCUT2D eigenvalue weighted by Gasteiger charge is -2.04. The van der Waals surface area contributed by atoms with Gasteiger partial charge in [0.2, 0.25) is 0 Å². The van der Waals surface area contributed by atoms with Crippen molar-refractivity contribution in [1.29, 1.82) is 0 Å². The van der Waals surface area contributed by atoms with Crippen molar-refractivity contribution in [2.24, 2.45) is 0 Å². The Morgan fingerprint density at radius 2 is 2.10 bits per heavy atom. The maximum atomic E-state index is 12.5. The minimum absolute atomic E-state index is 0.0938. The van der Waals surface area contributed by atoms with E-state index >= 15 is 0 Å². The number of aromatic nitrogens is 2. The summed E-state index contributed by atoms with van der Waals surface area (Å²) in [7, 11) is -3.52. The van der Waals surface area contributed by atoms with Crippen LogP contribution in [0.5, 0.6) is 0 Å². The van der Waals surface area contributed by atoms with Gasteiger partial charge in [0.1, 0.15) is 5.82 Å². The molecule has 3 rings (SSSR count). The second-order valence-corrected chi connectivity index (χ2v) is 7.25. The first-order chi connectivity index (χ1) is 10.0. The van der Waals surface area contributed by atoms with Crippen molar-refractivity contribution in [3.63, 3.8) is 0 Å². The van der Waals surface area contributed by atoms with E-state index in [1.807, 2.05) is 22.7 Å². The van der Waals surface area contributed by atoms with Crippen molar-refractivity contribution in [2.45, 2.75) is 57.0 Å². The van der Waals surface area contributed by atoms with Crippen LogP contribution < -0.4 is 4.72 Å². The van der Waals surface area contributed by atoms with Gasteiger partial charge in [0, 0.05) is 18.7 Å². The summed E-state index contributed by atoms with van der Waals surface area (Å²) < 4.78 is 29.6. The second kappa shape index (κ2) is 5.42. The van der Waals surface area contributed by atoms with E-state index in [1.165, 1.54) is 5.56 Å². The maximum absolute atomic E-state index is 12.5. The smallest absolute Gasteiger partial charge is 0.260 e. The Kier molecular flexibility index (Phi) is 3.75. The number of sulfonamides is 1. The highest BCUT2D eigenvalue weighted by atomic mass is 32.2. The van der Waals surface area contributed by atoms with E-state index in [1.54, 1.807) is 0 Å². The summed E-state index contributed by atoms with van der Waals surface area (Å²) in [5.41, 5.74) is 1.85. The molecular weight excluding hydrogens is 286 g/mol. The molecule has 1 fully saturated rings. The van der Waals surface area contributed by atoms with Gasteiger partial charge in [-0.3, -0.25) is 0 Å². The molecule has 0 aromatic carbocycles. The molecule has 1 N–H and O–H groups in total. The molecule has 2 aromatic heterocycles. The zero-order chi connectivity index (χ0) is 15.0. The van der Waals surface area contributed by atoms with Crippen LogP contribution in [0.1, 0.15) is 44.5 Å². The molecule has 114 valence electrons. The predicted molar refractivity (Wildman–Crippen MR) is 81.9 cm³/mol. The topological polar surface area (TPSA) is 63.5 Å². The van der Waals surface area contributed by atoms with Gasteiger partial charge in [-0.25, -0.2) is 18.1 Å². The first kappa shape index (κ1) is 14.5. The lowest BCUT2D eigenvalue weighted by molar-refractivity contribution is 0.578. The number of rotatable bonds is 6. The fourth-order valence-corrected chi connectivity index (χ4v) is 3.90. The van der Waals surface area contributed by atoms with Crippen LogP contribution in [-0.2, 0) is 22.9 Å². The Bertz CT molecular complexity index is 761. The highest BCUT2D eigenvalue weighted by Gasteiger charge is 2.31. The standard InChI is InChI=1S/C15H21N3O2S/c1-3-5-14-16-15(21(19,20)17-12-7-8-12)13-9-6-11(4-2)10-18(13)14/h6,9-10,12,17H,3-5,7-8H2,1-2H3. The van der Waals surface area contributed by atoms with E-state index in [0.29, 0.717) is 5.52 Å². The molecule has 0 radical (unpaired) electrons. The molecule has 0 saturated heterocycles. The molecule has 5 nitrogen and oxygen atoms in total. The van der Waals surface area contributed by atoms with Crippen LogP contribution in [0, 0.1) is 0 Å². The maximum Gasteiger partial charge on any atom is 0.260 e. The molecule has 0 unspecified atom stereocenters. The van der Waals surface area contributed by atoms with Crippen molar-refractivity contribution in [3.05, 3.63) is 29.7 Å². The van der Waals surface area contributed by atoms with Crippen LogP contribution in [0.3, 0.4) is 0 Å². The Morgan fingerprint density at radius 3 is 2.71 bits per heavy atom. The SMILES string of the molecule is CCCc1nc(S(=O)(=O)NC2CC2)c2ccc(CC)cn12. The summed E-state index contributed by atoms with van der Waals surface area (Å²) in [5, 5.41) is 0.167. The third-order valence-corrected chi connectivity index (χ3v) is 5.23. The largest absolute Gasteiger partial charge is 0.302 e. The molecule has 2 aromatic rings. The van der Waals surface area contributed by atoms with Gasteiger partial charge in [0.15, 0.2) is 5.03 Å². The van der Waals surface area contributed by atoms with Crippen LogP contribution in [0.15, 0.2) is 23.4 Å². The minimum Gasteiger partial charge on any atom is -0.302 e. The van der Waals surface area contributed by atoms with Gasteiger partial charge in [-0.1, -0.05) is 19.9 Å². The van der Waals surface area contributed by atoms with Gasteiger partial charge < -0.3 is 4.40 Å².